The van der Waals surface area contributed by atoms with Crippen molar-refractivity contribution in [1.82, 2.24) is 15.2 Å². The fourth-order valence-electron chi connectivity index (χ4n) is 8.81. The number of H-pyrrole nitrogens is 1. The van der Waals surface area contributed by atoms with Crippen LogP contribution in [-0.4, -0.2) is 52.4 Å². The number of nitrogens with zero attached hydrogens (tertiary/aromatic N) is 1. The van der Waals surface area contributed by atoms with Gasteiger partial charge in [0, 0.05) is 48.1 Å². The Labute approximate surface area is 247 Å². The molecule has 2 aromatic carbocycles. The van der Waals surface area contributed by atoms with E-state index in [1.165, 1.54) is 6.42 Å². The van der Waals surface area contributed by atoms with Crippen LogP contribution in [0.15, 0.2) is 60.8 Å². The Morgan fingerprint density at radius 1 is 0.905 bits per heavy atom. The highest BCUT2D eigenvalue weighted by molar-refractivity contribution is 5.98. The van der Waals surface area contributed by atoms with Crippen LogP contribution in [0.4, 0.5) is 4.79 Å². The summed E-state index contributed by atoms with van der Waals surface area (Å²) in [5, 5.41) is 4.12. The number of rotatable bonds is 7. The Morgan fingerprint density at radius 2 is 1.55 bits per heavy atom. The molecule has 1 unspecified atom stereocenters. The van der Waals surface area contributed by atoms with Crippen molar-refractivity contribution < 1.29 is 19.1 Å². The van der Waals surface area contributed by atoms with Crippen LogP contribution in [0.25, 0.3) is 10.9 Å². The molecule has 1 saturated heterocycles. The number of amides is 2. The van der Waals surface area contributed by atoms with E-state index in [9.17, 15) is 14.4 Å². The molecule has 5 aliphatic rings. The van der Waals surface area contributed by atoms with Crippen molar-refractivity contribution in [2.45, 2.75) is 69.9 Å². The maximum atomic E-state index is 14.3. The van der Waals surface area contributed by atoms with E-state index in [-0.39, 0.29) is 23.7 Å². The topological polar surface area (TPSA) is 91.5 Å². The molecule has 220 valence electrons. The second kappa shape index (κ2) is 10.9. The van der Waals surface area contributed by atoms with Crippen molar-refractivity contribution >= 4 is 28.7 Å². The molecule has 3 aromatic rings. The maximum absolute atomic E-state index is 14.3. The first-order chi connectivity index (χ1) is 20.4. The summed E-state index contributed by atoms with van der Waals surface area (Å²) in [6.45, 7) is 2.80. The number of hydrogen-bond donors (Lipinski definition) is 2. The van der Waals surface area contributed by atoms with E-state index < -0.39 is 11.6 Å². The van der Waals surface area contributed by atoms with Gasteiger partial charge in [-0.05, 0) is 87.2 Å². The predicted molar refractivity (Wildman–Crippen MR) is 161 cm³/mol. The Bertz CT molecular complexity index is 1450. The first-order valence-corrected chi connectivity index (χ1v) is 15.8. The summed E-state index contributed by atoms with van der Waals surface area (Å²) in [5.74, 6) is 2.39. The molecule has 4 aliphatic carbocycles. The van der Waals surface area contributed by atoms with Gasteiger partial charge in [0.1, 0.15) is 11.6 Å². The summed E-state index contributed by atoms with van der Waals surface area (Å²) in [6, 6.07) is 17.4. The number of likely N-dealkylation sites (tertiary alicyclic amines) is 1. The van der Waals surface area contributed by atoms with Gasteiger partial charge < -0.3 is 19.9 Å². The van der Waals surface area contributed by atoms with Gasteiger partial charge in [0.25, 0.3) is 0 Å². The number of carbonyl (C=O) groups excluding carboxylic acids is 3. The highest BCUT2D eigenvalue weighted by Gasteiger charge is 2.50. The van der Waals surface area contributed by atoms with E-state index in [1.54, 1.807) is 0 Å². The van der Waals surface area contributed by atoms with Gasteiger partial charge in [-0.1, -0.05) is 48.5 Å². The lowest BCUT2D eigenvalue weighted by molar-refractivity contribution is -0.139. The number of fused-ring (bicyclic) bond motifs is 1. The Morgan fingerprint density at radius 3 is 2.24 bits per heavy atom. The average Bonchev–Trinajstić information content (AvgIpc) is 3.40. The molecule has 8 rings (SSSR count). The number of piperidine rings is 1. The third-order valence-corrected chi connectivity index (χ3v) is 10.7. The summed E-state index contributed by atoms with van der Waals surface area (Å²) in [5.41, 5.74) is 1.51. The lowest BCUT2D eigenvalue weighted by Gasteiger charge is -2.53. The molecule has 2 heterocycles. The number of aromatic amines is 1. The van der Waals surface area contributed by atoms with Crippen LogP contribution in [0.2, 0.25) is 0 Å². The van der Waals surface area contributed by atoms with Crippen molar-refractivity contribution in [2.75, 3.05) is 13.1 Å². The molecule has 4 saturated carbocycles. The minimum absolute atomic E-state index is 0.0509. The lowest BCUT2D eigenvalue weighted by Crippen LogP contribution is -2.61. The van der Waals surface area contributed by atoms with Crippen LogP contribution in [0.1, 0.15) is 67.8 Å². The molecule has 2 amide bonds. The molecule has 5 fully saturated rings. The highest BCUT2D eigenvalue weighted by Crippen LogP contribution is 2.54. The van der Waals surface area contributed by atoms with Gasteiger partial charge in [0.15, 0.2) is 5.78 Å². The quantitative estimate of drug-likeness (QED) is 0.336. The Balaban J connectivity index is 1.08. The van der Waals surface area contributed by atoms with Gasteiger partial charge in [0.05, 0.1) is 0 Å². The van der Waals surface area contributed by atoms with Crippen molar-refractivity contribution in [3.8, 4) is 0 Å². The number of Topliss-reactive ketones (excluding diaryl/α,β-unsaturated/α-hetero) is 1. The molecule has 7 nitrogen and oxygen atoms in total. The fraction of sp³-hybridized carbons (Fsp3) is 0.514. The summed E-state index contributed by atoms with van der Waals surface area (Å²) in [6.07, 6.45) is 8.95. The molecule has 2 N–H and O–H groups in total. The van der Waals surface area contributed by atoms with Gasteiger partial charge in [-0.3, -0.25) is 9.59 Å². The molecular formula is C35H41N3O4. The Hall–Kier alpha value is -3.61. The number of hydrogen-bond acceptors (Lipinski definition) is 4. The van der Waals surface area contributed by atoms with Crippen LogP contribution in [-0.2, 0) is 16.0 Å². The van der Waals surface area contributed by atoms with E-state index in [0.717, 1.165) is 59.5 Å². The van der Waals surface area contributed by atoms with Crippen LogP contribution >= 0.6 is 0 Å². The van der Waals surface area contributed by atoms with E-state index in [4.69, 9.17) is 4.74 Å². The number of aromatic nitrogens is 1. The first kappa shape index (κ1) is 27.2. The van der Waals surface area contributed by atoms with Crippen molar-refractivity contribution in [1.29, 1.82) is 0 Å². The van der Waals surface area contributed by atoms with E-state index in [0.29, 0.717) is 44.2 Å². The highest BCUT2D eigenvalue weighted by atomic mass is 16.6. The molecule has 1 aliphatic heterocycles. The summed E-state index contributed by atoms with van der Waals surface area (Å²) < 4.78 is 6.19. The zero-order chi connectivity index (χ0) is 28.8. The van der Waals surface area contributed by atoms with Crippen molar-refractivity contribution in [3.63, 3.8) is 0 Å². The van der Waals surface area contributed by atoms with E-state index >= 15 is 0 Å². The summed E-state index contributed by atoms with van der Waals surface area (Å²) in [7, 11) is 0. The van der Waals surface area contributed by atoms with Crippen LogP contribution in [0.3, 0.4) is 0 Å². The summed E-state index contributed by atoms with van der Waals surface area (Å²) >= 11 is 0. The second-order valence-corrected chi connectivity index (χ2v) is 13.6. The fourth-order valence-corrected chi connectivity index (χ4v) is 8.81. The normalized spacial score (nSPS) is 28.4. The van der Waals surface area contributed by atoms with Crippen LogP contribution in [0.5, 0.6) is 0 Å². The zero-order valence-electron chi connectivity index (χ0n) is 24.4. The molecule has 1 atom stereocenters. The van der Waals surface area contributed by atoms with Crippen molar-refractivity contribution in [3.05, 3.63) is 71.9 Å². The summed E-state index contributed by atoms with van der Waals surface area (Å²) in [4.78, 5) is 46.0. The average molecular weight is 568 g/mol. The van der Waals surface area contributed by atoms with Crippen LogP contribution in [0, 0.1) is 29.6 Å². The molecule has 1 aromatic heterocycles. The first-order valence-electron chi connectivity index (χ1n) is 15.8. The van der Waals surface area contributed by atoms with Gasteiger partial charge in [-0.2, -0.15) is 0 Å². The van der Waals surface area contributed by atoms with Gasteiger partial charge in [-0.25, -0.2) is 4.79 Å². The third kappa shape index (κ3) is 5.12. The van der Waals surface area contributed by atoms with E-state index in [1.807, 2.05) is 72.6 Å². The minimum atomic E-state index is -1.19. The van der Waals surface area contributed by atoms with Gasteiger partial charge >= 0.3 is 6.09 Å². The zero-order valence-corrected chi connectivity index (χ0v) is 24.4. The predicted octanol–water partition coefficient (Wildman–Crippen LogP) is 6.14. The number of nitrogens with one attached hydrogen (secondary N) is 2. The molecule has 0 spiro atoms. The smallest absolute Gasteiger partial charge is 0.408 e. The SMILES string of the molecule is CC(Cc1c[nH]c2ccccc12)(NC(=O)OC1C2CC3CC(C2)CC1C3)C(=O)N1CCC(C(=O)c2ccccc2)CC1. The number of benzene rings is 2. The number of alkyl carbamates (subject to hydrolysis) is 1. The number of carbonyl (C=O) groups is 3. The standard InChI is InChI=1S/C35H41N3O4/c1-35(20-28-21-36-30-10-6-5-9-29(28)30,37-34(41)42-32-26-16-22-15-23(18-26)19-27(32)17-22)33(40)38-13-11-25(12-14-38)31(39)24-7-3-2-4-8-24/h2-10,21-23,25-27,32,36H,11-20H2,1H3,(H,37,41). The number of ketones is 1. The number of ether oxygens (including phenoxy) is 1. The molecule has 0 radical (unpaired) electrons. The monoisotopic (exact) mass is 567 g/mol. The van der Waals surface area contributed by atoms with Gasteiger partial charge in [0.2, 0.25) is 5.91 Å². The minimum Gasteiger partial charge on any atom is -0.446 e. The number of para-hydroxylation sites is 1. The molecule has 7 heteroatoms. The molecular weight excluding hydrogens is 526 g/mol. The molecule has 4 bridgehead atoms. The van der Waals surface area contributed by atoms with E-state index in [2.05, 4.69) is 10.3 Å². The van der Waals surface area contributed by atoms with Crippen LogP contribution < -0.4 is 5.32 Å². The maximum Gasteiger partial charge on any atom is 0.408 e. The second-order valence-electron chi connectivity index (χ2n) is 13.6. The van der Waals surface area contributed by atoms with Crippen molar-refractivity contribution in [2.24, 2.45) is 29.6 Å². The molecule has 42 heavy (non-hydrogen) atoms. The Kier molecular flexibility index (Phi) is 7.07. The van der Waals surface area contributed by atoms with Gasteiger partial charge in [-0.15, -0.1) is 0 Å². The third-order valence-electron chi connectivity index (χ3n) is 10.7. The lowest BCUT2D eigenvalue weighted by atomic mass is 9.55. The largest absolute Gasteiger partial charge is 0.446 e.